The van der Waals surface area contributed by atoms with E-state index in [-0.39, 0.29) is 5.54 Å². The number of nitrogens with zero attached hydrogens (tertiary/aromatic N) is 1. The lowest BCUT2D eigenvalue weighted by molar-refractivity contribution is -0.0884. The third kappa shape index (κ3) is 2.87. The molecule has 18 heavy (non-hydrogen) atoms. The molecule has 1 unspecified atom stereocenters. The van der Waals surface area contributed by atoms with Crippen LogP contribution >= 0.6 is 0 Å². The van der Waals surface area contributed by atoms with Gasteiger partial charge in [0.1, 0.15) is 0 Å². The van der Waals surface area contributed by atoms with E-state index in [2.05, 4.69) is 11.8 Å². The molecule has 0 aromatic heterocycles. The van der Waals surface area contributed by atoms with Crippen molar-refractivity contribution in [2.75, 3.05) is 33.4 Å². The van der Waals surface area contributed by atoms with E-state index in [1.165, 1.54) is 12.8 Å². The highest BCUT2D eigenvalue weighted by Gasteiger charge is 2.41. The minimum Gasteiger partial charge on any atom is -0.381 e. The van der Waals surface area contributed by atoms with Gasteiger partial charge in [-0.3, -0.25) is 4.90 Å². The fraction of sp³-hybridized carbons (Fsp3) is 1.00. The second-order valence-corrected chi connectivity index (χ2v) is 5.71. The predicted octanol–water partition coefficient (Wildman–Crippen LogP) is 1.38. The SMILES string of the molecule is CCC1CN(C2(CN)CCC(OC)CC2)CCO1. The van der Waals surface area contributed by atoms with Gasteiger partial charge in [-0.15, -0.1) is 0 Å². The van der Waals surface area contributed by atoms with Crippen molar-refractivity contribution in [2.45, 2.75) is 56.8 Å². The molecular weight excluding hydrogens is 228 g/mol. The average molecular weight is 256 g/mol. The molecule has 2 fully saturated rings. The smallest absolute Gasteiger partial charge is 0.0700 e. The maximum Gasteiger partial charge on any atom is 0.0700 e. The lowest BCUT2D eigenvalue weighted by Crippen LogP contribution is -2.60. The molecule has 2 N–H and O–H groups in total. The first kappa shape index (κ1) is 14.3. The van der Waals surface area contributed by atoms with Gasteiger partial charge in [0, 0.05) is 32.3 Å². The number of hydrogen-bond acceptors (Lipinski definition) is 4. The molecule has 0 spiro atoms. The molecule has 0 bridgehead atoms. The summed E-state index contributed by atoms with van der Waals surface area (Å²) in [5.74, 6) is 0. The van der Waals surface area contributed by atoms with E-state index in [1.54, 1.807) is 0 Å². The fourth-order valence-electron chi connectivity index (χ4n) is 3.41. The summed E-state index contributed by atoms with van der Waals surface area (Å²) in [5.41, 5.74) is 6.32. The van der Waals surface area contributed by atoms with Crippen molar-refractivity contribution in [3.8, 4) is 0 Å². The molecule has 0 radical (unpaired) electrons. The van der Waals surface area contributed by atoms with Gasteiger partial charge >= 0.3 is 0 Å². The Hall–Kier alpha value is -0.160. The number of rotatable bonds is 4. The second kappa shape index (κ2) is 6.33. The zero-order valence-corrected chi connectivity index (χ0v) is 11.9. The number of morpholine rings is 1. The zero-order chi connectivity index (χ0) is 13.0. The third-order valence-electron chi connectivity index (χ3n) is 4.84. The van der Waals surface area contributed by atoms with Crippen LogP contribution in [-0.4, -0.2) is 56.0 Å². The van der Waals surface area contributed by atoms with Crippen LogP contribution in [0.3, 0.4) is 0 Å². The minimum absolute atomic E-state index is 0.201. The van der Waals surface area contributed by atoms with Crippen LogP contribution in [0.2, 0.25) is 0 Å². The van der Waals surface area contributed by atoms with Gasteiger partial charge in [0.2, 0.25) is 0 Å². The Balaban J connectivity index is 1.99. The first-order valence-electron chi connectivity index (χ1n) is 7.33. The van der Waals surface area contributed by atoms with Crippen molar-refractivity contribution in [3.63, 3.8) is 0 Å². The molecule has 4 nitrogen and oxygen atoms in total. The van der Waals surface area contributed by atoms with Crippen LogP contribution in [0.1, 0.15) is 39.0 Å². The standard InChI is InChI=1S/C14H28N2O2/c1-3-12-10-16(8-9-18-12)14(11-15)6-4-13(17-2)5-7-14/h12-13H,3-11,15H2,1-2H3. The summed E-state index contributed by atoms with van der Waals surface area (Å²) in [6.07, 6.45) is 6.54. The Morgan fingerprint density at radius 2 is 2.11 bits per heavy atom. The van der Waals surface area contributed by atoms with Crippen LogP contribution < -0.4 is 5.73 Å². The molecule has 106 valence electrons. The van der Waals surface area contributed by atoms with Gasteiger partial charge in [0.15, 0.2) is 0 Å². The topological polar surface area (TPSA) is 47.7 Å². The van der Waals surface area contributed by atoms with Crippen LogP contribution in [-0.2, 0) is 9.47 Å². The Kier molecular flexibility index (Phi) is 5.01. The van der Waals surface area contributed by atoms with E-state index in [4.69, 9.17) is 15.2 Å². The molecule has 1 saturated heterocycles. The molecule has 1 aliphatic heterocycles. The Bertz CT molecular complexity index is 252. The molecule has 1 heterocycles. The van der Waals surface area contributed by atoms with E-state index in [9.17, 15) is 0 Å². The van der Waals surface area contributed by atoms with Crippen molar-refractivity contribution in [2.24, 2.45) is 5.73 Å². The van der Waals surface area contributed by atoms with Gasteiger partial charge in [-0.2, -0.15) is 0 Å². The maximum atomic E-state index is 6.12. The number of ether oxygens (including phenoxy) is 2. The van der Waals surface area contributed by atoms with Crippen molar-refractivity contribution in [1.82, 2.24) is 4.90 Å². The van der Waals surface area contributed by atoms with Gasteiger partial charge in [-0.05, 0) is 32.1 Å². The lowest BCUT2D eigenvalue weighted by atomic mass is 9.78. The zero-order valence-electron chi connectivity index (χ0n) is 11.9. The highest BCUT2D eigenvalue weighted by molar-refractivity contribution is 4.97. The molecule has 1 aliphatic carbocycles. The van der Waals surface area contributed by atoms with Crippen molar-refractivity contribution in [3.05, 3.63) is 0 Å². The van der Waals surface area contributed by atoms with E-state index in [1.807, 2.05) is 7.11 Å². The molecule has 0 amide bonds. The first-order chi connectivity index (χ1) is 8.74. The summed E-state index contributed by atoms with van der Waals surface area (Å²) in [6, 6.07) is 0. The monoisotopic (exact) mass is 256 g/mol. The average Bonchev–Trinajstić information content (AvgIpc) is 2.47. The van der Waals surface area contributed by atoms with Crippen molar-refractivity contribution >= 4 is 0 Å². The summed E-state index contributed by atoms with van der Waals surface area (Å²) < 4.78 is 11.2. The van der Waals surface area contributed by atoms with Crippen molar-refractivity contribution < 1.29 is 9.47 Å². The number of hydrogen-bond donors (Lipinski definition) is 1. The van der Waals surface area contributed by atoms with Crippen molar-refractivity contribution in [1.29, 1.82) is 0 Å². The molecule has 2 aliphatic rings. The third-order valence-corrected chi connectivity index (χ3v) is 4.84. The first-order valence-corrected chi connectivity index (χ1v) is 7.33. The van der Waals surface area contributed by atoms with Gasteiger partial charge in [0.05, 0.1) is 18.8 Å². The number of methoxy groups -OCH3 is 1. The molecular formula is C14H28N2O2. The Morgan fingerprint density at radius 1 is 1.39 bits per heavy atom. The Labute approximate surface area is 111 Å². The summed E-state index contributed by atoms with van der Waals surface area (Å²) in [4.78, 5) is 2.59. The molecule has 1 atom stereocenters. The molecule has 1 saturated carbocycles. The summed E-state index contributed by atoms with van der Waals surface area (Å²) in [6.45, 7) is 5.90. The van der Waals surface area contributed by atoms with Crippen LogP contribution in [0.5, 0.6) is 0 Å². The van der Waals surface area contributed by atoms with E-state index < -0.39 is 0 Å². The summed E-state index contributed by atoms with van der Waals surface area (Å²) in [5, 5.41) is 0. The van der Waals surface area contributed by atoms with Gasteiger partial charge < -0.3 is 15.2 Å². The van der Waals surface area contributed by atoms with Crippen LogP contribution in [0.4, 0.5) is 0 Å². The van der Waals surface area contributed by atoms with E-state index in [0.717, 1.165) is 45.5 Å². The highest BCUT2D eigenvalue weighted by Crippen LogP contribution is 2.35. The highest BCUT2D eigenvalue weighted by atomic mass is 16.5. The van der Waals surface area contributed by atoms with Gasteiger partial charge in [0.25, 0.3) is 0 Å². The summed E-state index contributed by atoms with van der Waals surface area (Å²) in [7, 11) is 1.82. The van der Waals surface area contributed by atoms with Gasteiger partial charge in [-0.25, -0.2) is 0 Å². The number of nitrogens with two attached hydrogens (primary N) is 1. The van der Waals surface area contributed by atoms with E-state index >= 15 is 0 Å². The normalized spacial score (nSPS) is 38.8. The van der Waals surface area contributed by atoms with E-state index in [0.29, 0.717) is 12.2 Å². The van der Waals surface area contributed by atoms with Crippen LogP contribution in [0.25, 0.3) is 0 Å². The van der Waals surface area contributed by atoms with Gasteiger partial charge in [-0.1, -0.05) is 6.92 Å². The molecule has 2 rings (SSSR count). The summed E-state index contributed by atoms with van der Waals surface area (Å²) >= 11 is 0. The molecule has 0 aromatic carbocycles. The minimum atomic E-state index is 0.201. The maximum absolute atomic E-state index is 6.12. The Morgan fingerprint density at radius 3 is 2.67 bits per heavy atom. The predicted molar refractivity (Wildman–Crippen MR) is 72.7 cm³/mol. The molecule has 4 heteroatoms. The van der Waals surface area contributed by atoms with Crippen LogP contribution in [0.15, 0.2) is 0 Å². The van der Waals surface area contributed by atoms with Crippen LogP contribution in [0, 0.1) is 0 Å². The quantitative estimate of drug-likeness (QED) is 0.825. The molecule has 0 aromatic rings. The fourth-order valence-corrected chi connectivity index (χ4v) is 3.41. The largest absolute Gasteiger partial charge is 0.381 e. The second-order valence-electron chi connectivity index (χ2n) is 5.71. The lowest BCUT2D eigenvalue weighted by Gasteiger charge is -2.50.